The fourth-order valence-electron chi connectivity index (χ4n) is 2.14. The maximum absolute atomic E-state index is 13.1. The number of halogens is 3. The number of alkyl halides is 3. The van der Waals surface area contributed by atoms with Crippen molar-refractivity contribution >= 4 is 10.1 Å². The number of hydrogen-bond donors (Lipinski definition) is 1. The van der Waals surface area contributed by atoms with E-state index in [1.165, 1.54) is 25.7 Å². The van der Waals surface area contributed by atoms with Gasteiger partial charge >= 0.3 is 15.4 Å². The van der Waals surface area contributed by atoms with Gasteiger partial charge in [0.25, 0.3) is 0 Å². The second kappa shape index (κ2) is 10.4. The molecule has 7 heteroatoms. The first kappa shape index (κ1) is 20.7. The van der Waals surface area contributed by atoms with E-state index in [-0.39, 0.29) is 6.42 Å². The topological polar surface area (TPSA) is 54.4 Å². The van der Waals surface area contributed by atoms with Gasteiger partial charge in [-0.05, 0) is 6.42 Å². The molecular weight excluding hydrogens is 305 g/mol. The van der Waals surface area contributed by atoms with Crippen molar-refractivity contribution in [2.75, 3.05) is 0 Å². The van der Waals surface area contributed by atoms with Gasteiger partial charge < -0.3 is 0 Å². The van der Waals surface area contributed by atoms with Crippen LogP contribution in [0.2, 0.25) is 0 Å². The molecule has 0 saturated heterocycles. The van der Waals surface area contributed by atoms with Crippen molar-refractivity contribution in [2.45, 2.75) is 89.0 Å². The molecule has 3 nitrogen and oxygen atoms in total. The van der Waals surface area contributed by atoms with E-state index in [1.54, 1.807) is 0 Å². The zero-order valence-corrected chi connectivity index (χ0v) is 13.5. The zero-order valence-electron chi connectivity index (χ0n) is 12.7. The summed E-state index contributed by atoms with van der Waals surface area (Å²) in [6, 6.07) is 0. The number of unbranched alkanes of at least 4 members (excludes halogenated alkanes) is 9. The molecule has 0 bridgehead atoms. The minimum atomic E-state index is -5.67. The molecule has 0 rings (SSSR count). The van der Waals surface area contributed by atoms with Gasteiger partial charge in [-0.3, -0.25) is 4.55 Å². The molecule has 0 amide bonds. The Bertz CT molecular complexity index is 358. The summed E-state index contributed by atoms with van der Waals surface area (Å²) in [5.41, 5.74) is 0. The van der Waals surface area contributed by atoms with Gasteiger partial charge in [-0.2, -0.15) is 17.2 Å². The third kappa shape index (κ3) is 8.66. The van der Waals surface area contributed by atoms with Gasteiger partial charge in [0, 0.05) is 0 Å². The smallest absolute Gasteiger partial charge is 0.281 e. The van der Waals surface area contributed by atoms with Crippen LogP contribution < -0.4 is 0 Å². The summed E-state index contributed by atoms with van der Waals surface area (Å²) in [4.78, 5) is 0. The Morgan fingerprint density at radius 1 is 0.905 bits per heavy atom. The molecule has 0 aromatic heterocycles. The van der Waals surface area contributed by atoms with Crippen molar-refractivity contribution in [1.29, 1.82) is 0 Å². The molecule has 1 unspecified atom stereocenters. The Kier molecular flexibility index (Phi) is 10.3. The molecule has 0 heterocycles. The molecule has 128 valence electrons. The Hall–Kier alpha value is -0.300. The van der Waals surface area contributed by atoms with Gasteiger partial charge in [0.2, 0.25) is 0 Å². The minimum Gasteiger partial charge on any atom is -0.281 e. The predicted octanol–water partition coefficient (Wildman–Crippen LogP) is 5.12. The van der Waals surface area contributed by atoms with Gasteiger partial charge in [0.1, 0.15) is 0 Å². The summed E-state index contributed by atoms with van der Waals surface area (Å²) >= 11 is 0. The molecule has 0 aliphatic rings. The summed E-state index contributed by atoms with van der Waals surface area (Å²) in [5, 5.41) is -4.70. The van der Waals surface area contributed by atoms with E-state index >= 15 is 0 Å². The monoisotopic (exact) mass is 332 g/mol. The normalized spacial score (nSPS) is 14.3. The Morgan fingerprint density at radius 3 is 1.67 bits per heavy atom. The lowest BCUT2D eigenvalue weighted by Crippen LogP contribution is -2.38. The molecule has 0 saturated carbocycles. The molecule has 0 aliphatic heterocycles. The van der Waals surface area contributed by atoms with E-state index in [0.717, 1.165) is 25.7 Å². The van der Waals surface area contributed by atoms with Gasteiger partial charge in [0.15, 0.2) is 6.17 Å². The second-order valence-corrected chi connectivity index (χ2v) is 6.97. The standard InChI is InChI=1S/C14H27F3O3S/c1-2-3-4-5-6-7-8-9-10-11-12-13(15)14(16,17)21(18,19)20/h13H,2-12H2,1H3,(H,18,19,20). The van der Waals surface area contributed by atoms with Crippen molar-refractivity contribution < 1.29 is 26.1 Å². The molecule has 21 heavy (non-hydrogen) atoms. The maximum Gasteiger partial charge on any atom is 0.400 e. The van der Waals surface area contributed by atoms with E-state index in [0.29, 0.717) is 6.42 Å². The molecule has 1 atom stereocenters. The maximum atomic E-state index is 13.1. The molecular formula is C14H27F3O3S. The van der Waals surface area contributed by atoms with Gasteiger partial charge in [-0.25, -0.2) is 4.39 Å². The van der Waals surface area contributed by atoms with Crippen molar-refractivity contribution in [1.82, 2.24) is 0 Å². The molecule has 0 spiro atoms. The van der Waals surface area contributed by atoms with Crippen LogP contribution in [0.1, 0.15) is 77.6 Å². The summed E-state index contributed by atoms with van der Waals surface area (Å²) < 4.78 is 67.9. The van der Waals surface area contributed by atoms with Crippen molar-refractivity contribution in [2.24, 2.45) is 0 Å². The van der Waals surface area contributed by atoms with Crippen LogP contribution in [-0.2, 0) is 10.1 Å². The van der Waals surface area contributed by atoms with Gasteiger partial charge in [-0.15, -0.1) is 0 Å². The van der Waals surface area contributed by atoms with Crippen LogP contribution in [0.25, 0.3) is 0 Å². The first-order valence-electron chi connectivity index (χ1n) is 7.72. The predicted molar refractivity (Wildman–Crippen MR) is 77.9 cm³/mol. The van der Waals surface area contributed by atoms with E-state index in [9.17, 15) is 21.6 Å². The first-order chi connectivity index (χ1) is 9.73. The fraction of sp³-hybridized carbons (Fsp3) is 1.00. The molecule has 0 aromatic rings. The van der Waals surface area contributed by atoms with Crippen LogP contribution in [0.3, 0.4) is 0 Å². The van der Waals surface area contributed by atoms with Crippen LogP contribution in [0, 0.1) is 0 Å². The average Bonchev–Trinajstić information content (AvgIpc) is 2.39. The lowest BCUT2D eigenvalue weighted by Gasteiger charge is -2.17. The highest BCUT2D eigenvalue weighted by atomic mass is 32.2. The summed E-state index contributed by atoms with van der Waals surface area (Å²) in [6.45, 7) is 2.16. The molecule has 0 aliphatic carbocycles. The molecule has 0 radical (unpaired) electrons. The van der Waals surface area contributed by atoms with E-state index in [4.69, 9.17) is 4.55 Å². The van der Waals surface area contributed by atoms with E-state index in [1.807, 2.05) is 0 Å². The van der Waals surface area contributed by atoms with Gasteiger partial charge in [-0.1, -0.05) is 71.1 Å². The highest BCUT2D eigenvalue weighted by Gasteiger charge is 2.52. The Morgan fingerprint density at radius 2 is 1.29 bits per heavy atom. The van der Waals surface area contributed by atoms with Crippen molar-refractivity contribution in [3.8, 4) is 0 Å². The molecule has 0 aromatic carbocycles. The summed E-state index contributed by atoms with van der Waals surface area (Å²) in [7, 11) is -5.67. The fourth-order valence-corrected chi connectivity index (χ4v) is 2.58. The number of hydrogen-bond acceptors (Lipinski definition) is 2. The lowest BCUT2D eigenvalue weighted by atomic mass is 10.0. The Labute approximate surface area is 126 Å². The van der Waals surface area contributed by atoms with Crippen LogP contribution in [0.15, 0.2) is 0 Å². The summed E-state index contributed by atoms with van der Waals surface area (Å²) in [6.07, 6.45) is 6.36. The Balaban J connectivity index is 3.59. The van der Waals surface area contributed by atoms with Crippen LogP contribution in [-0.4, -0.2) is 24.4 Å². The minimum absolute atomic E-state index is 0.197. The van der Waals surface area contributed by atoms with E-state index in [2.05, 4.69) is 6.92 Å². The van der Waals surface area contributed by atoms with Crippen molar-refractivity contribution in [3.63, 3.8) is 0 Å². The largest absolute Gasteiger partial charge is 0.400 e. The molecule has 0 fully saturated rings. The zero-order chi connectivity index (χ0) is 16.4. The third-order valence-electron chi connectivity index (χ3n) is 3.52. The highest BCUT2D eigenvalue weighted by molar-refractivity contribution is 7.86. The average molecular weight is 332 g/mol. The highest BCUT2D eigenvalue weighted by Crippen LogP contribution is 2.30. The van der Waals surface area contributed by atoms with E-state index < -0.39 is 28.0 Å². The lowest BCUT2D eigenvalue weighted by molar-refractivity contribution is -0.00709. The van der Waals surface area contributed by atoms with Crippen LogP contribution >= 0.6 is 0 Å². The van der Waals surface area contributed by atoms with Crippen LogP contribution in [0.5, 0.6) is 0 Å². The molecule has 1 N–H and O–H groups in total. The van der Waals surface area contributed by atoms with Gasteiger partial charge in [0.05, 0.1) is 0 Å². The first-order valence-corrected chi connectivity index (χ1v) is 9.16. The third-order valence-corrected chi connectivity index (χ3v) is 4.46. The SMILES string of the molecule is CCCCCCCCCCCCC(F)C(F)(F)S(=O)(=O)O. The van der Waals surface area contributed by atoms with Crippen molar-refractivity contribution in [3.05, 3.63) is 0 Å². The number of rotatable bonds is 13. The van der Waals surface area contributed by atoms with Crippen LogP contribution in [0.4, 0.5) is 13.2 Å². The second-order valence-electron chi connectivity index (χ2n) is 5.48. The summed E-state index contributed by atoms with van der Waals surface area (Å²) in [5.74, 6) is 0. The quantitative estimate of drug-likeness (QED) is 0.376.